The maximum absolute atomic E-state index is 13.6. The summed E-state index contributed by atoms with van der Waals surface area (Å²) in [6.45, 7) is -0.417. The largest absolute Gasteiger partial charge is 0.493 e. The van der Waals surface area contributed by atoms with Gasteiger partial charge < -0.3 is 19.5 Å². The summed E-state index contributed by atoms with van der Waals surface area (Å²) in [5.41, 5.74) is 3.95. The normalized spacial score (nSPS) is 11.1. The van der Waals surface area contributed by atoms with Crippen molar-refractivity contribution in [3.05, 3.63) is 114 Å². The number of carbonyl (C=O) groups excluding carboxylic acids is 2. The molecule has 11 nitrogen and oxygen atoms in total. The summed E-state index contributed by atoms with van der Waals surface area (Å²) in [5, 5.41) is 6.70. The van der Waals surface area contributed by atoms with Crippen LogP contribution in [-0.2, 0) is 26.2 Å². The van der Waals surface area contributed by atoms with Gasteiger partial charge in [0.05, 0.1) is 31.0 Å². The summed E-state index contributed by atoms with van der Waals surface area (Å²) < 4.78 is 57.6. The number of hydrogen-bond acceptors (Lipinski definition) is 8. The van der Waals surface area contributed by atoms with Crippen LogP contribution in [0, 0.1) is 5.82 Å². The smallest absolute Gasteiger partial charge is 0.264 e. The fraction of sp³-hybridized carbons (Fsp3) is 0.156. The zero-order chi connectivity index (χ0) is 32.2. The Labute approximate surface area is 260 Å². The molecule has 4 aromatic rings. The molecule has 0 aromatic heterocycles. The number of rotatable bonds is 14. The van der Waals surface area contributed by atoms with Crippen LogP contribution in [0.5, 0.6) is 17.2 Å². The number of sulfonamides is 1. The van der Waals surface area contributed by atoms with Crippen LogP contribution in [0.1, 0.15) is 11.1 Å². The molecular formula is C32H31FN4O7S. The molecule has 0 saturated heterocycles. The summed E-state index contributed by atoms with van der Waals surface area (Å²) in [5.74, 6) is -0.633. The molecule has 4 rings (SSSR count). The SMILES string of the molecule is COc1ccc(S(=O)(=O)N(CC(=O)N/N=C\c2ccc(OCC(=O)NCc3ccccc3)cc2)c2ccc(F)cc2)cc1OC. The molecule has 0 fully saturated rings. The second-order valence-corrected chi connectivity index (χ2v) is 11.3. The first kappa shape index (κ1) is 32.5. The van der Waals surface area contributed by atoms with Gasteiger partial charge in [0.2, 0.25) is 0 Å². The Morgan fingerprint density at radius 1 is 0.867 bits per heavy atom. The van der Waals surface area contributed by atoms with Gasteiger partial charge in [0.25, 0.3) is 21.8 Å². The van der Waals surface area contributed by atoms with Crippen LogP contribution in [0.15, 0.2) is 107 Å². The summed E-state index contributed by atoms with van der Waals surface area (Å²) in [4.78, 5) is 24.7. The Bertz CT molecular complexity index is 1730. The van der Waals surface area contributed by atoms with Crippen molar-refractivity contribution in [2.75, 3.05) is 31.7 Å². The van der Waals surface area contributed by atoms with Crippen molar-refractivity contribution in [2.45, 2.75) is 11.4 Å². The molecule has 0 bridgehead atoms. The third-order valence-corrected chi connectivity index (χ3v) is 8.10. The lowest BCUT2D eigenvalue weighted by Gasteiger charge is -2.24. The summed E-state index contributed by atoms with van der Waals surface area (Å²) in [7, 11) is -1.53. The van der Waals surface area contributed by atoms with E-state index in [1.807, 2.05) is 30.3 Å². The monoisotopic (exact) mass is 634 g/mol. The molecular weight excluding hydrogens is 603 g/mol. The molecule has 0 spiro atoms. The maximum Gasteiger partial charge on any atom is 0.264 e. The fourth-order valence-electron chi connectivity index (χ4n) is 4.02. The van der Waals surface area contributed by atoms with E-state index in [0.29, 0.717) is 23.6 Å². The average Bonchev–Trinajstić information content (AvgIpc) is 3.06. The first-order valence-electron chi connectivity index (χ1n) is 13.6. The number of nitrogens with zero attached hydrogens (tertiary/aromatic N) is 2. The lowest BCUT2D eigenvalue weighted by molar-refractivity contribution is -0.123. The standard InChI is InChI=1S/C32H31FN4O7S/c1-42-29-17-16-28(18-30(29)43-2)45(40,41)37(26-12-10-25(33)11-13-26)21-31(38)36-35-20-24-8-14-27(15-9-24)44-22-32(39)34-19-23-6-4-3-5-7-23/h3-18,20H,19,21-22H2,1-2H3,(H,34,39)(H,36,38)/b35-20-. The van der Waals surface area contributed by atoms with Gasteiger partial charge in [-0.25, -0.2) is 18.2 Å². The molecule has 234 valence electrons. The number of hydrogen-bond donors (Lipinski definition) is 2. The lowest BCUT2D eigenvalue weighted by Crippen LogP contribution is -2.39. The van der Waals surface area contributed by atoms with Gasteiger partial charge in [-0.1, -0.05) is 30.3 Å². The van der Waals surface area contributed by atoms with Crippen LogP contribution in [0.3, 0.4) is 0 Å². The number of methoxy groups -OCH3 is 2. The van der Waals surface area contributed by atoms with Gasteiger partial charge >= 0.3 is 0 Å². The van der Waals surface area contributed by atoms with Crippen LogP contribution in [-0.4, -0.2) is 53.8 Å². The predicted molar refractivity (Wildman–Crippen MR) is 166 cm³/mol. The van der Waals surface area contributed by atoms with E-state index in [2.05, 4.69) is 15.8 Å². The number of carbonyl (C=O) groups is 2. The second kappa shape index (κ2) is 15.3. The van der Waals surface area contributed by atoms with Crippen LogP contribution < -0.4 is 29.3 Å². The Morgan fingerprint density at radius 2 is 1.56 bits per heavy atom. The quantitative estimate of drug-likeness (QED) is 0.159. The fourth-order valence-corrected chi connectivity index (χ4v) is 5.45. The average molecular weight is 635 g/mol. The minimum atomic E-state index is -4.31. The lowest BCUT2D eigenvalue weighted by atomic mass is 10.2. The molecule has 0 aliphatic carbocycles. The molecule has 0 unspecified atom stereocenters. The first-order valence-corrected chi connectivity index (χ1v) is 15.0. The maximum atomic E-state index is 13.6. The van der Waals surface area contributed by atoms with E-state index >= 15 is 0 Å². The van der Waals surface area contributed by atoms with Crippen molar-refractivity contribution in [1.29, 1.82) is 0 Å². The van der Waals surface area contributed by atoms with Crippen molar-refractivity contribution in [2.24, 2.45) is 5.10 Å². The third kappa shape index (κ3) is 9.03. The number of nitrogens with one attached hydrogen (secondary N) is 2. The molecule has 2 N–H and O–H groups in total. The molecule has 4 aromatic carbocycles. The van der Waals surface area contributed by atoms with E-state index in [4.69, 9.17) is 14.2 Å². The van der Waals surface area contributed by atoms with Gasteiger partial charge in [0.15, 0.2) is 18.1 Å². The highest BCUT2D eigenvalue weighted by atomic mass is 32.2. The number of anilines is 1. The van der Waals surface area contributed by atoms with Gasteiger partial charge in [-0.2, -0.15) is 5.10 Å². The molecule has 45 heavy (non-hydrogen) atoms. The van der Waals surface area contributed by atoms with Crippen molar-refractivity contribution in [3.63, 3.8) is 0 Å². The van der Waals surface area contributed by atoms with E-state index in [1.165, 1.54) is 50.8 Å². The van der Waals surface area contributed by atoms with Gasteiger partial charge in [-0.15, -0.1) is 0 Å². The van der Waals surface area contributed by atoms with E-state index in [9.17, 15) is 22.4 Å². The minimum absolute atomic E-state index is 0.0645. The molecule has 0 radical (unpaired) electrons. The number of hydrazone groups is 1. The molecule has 0 atom stereocenters. The Kier molecular flexibility index (Phi) is 11.1. The van der Waals surface area contributed by atoms with Gasteiger partial charge in [-0.05, 0) is 71.8 Å². The molecule has 0 aliphatic heterocycles. The van der Waals surface area contributed by atoms with Crippen LogP contribution in [0.25, 0.3) is 0 Å². The van der Waals surface area contributed by atoms with Crippen LogP contribution in [0.4, 0.5) is 10.1 Å². The molecule has 13 heteroatoms. The molecule has 0 heterocycles. The summed E-state index contributed by atoms with van der Waals surface area (Å²) in [6, 6.07) is 24.8. The van der Waals surface area contributed by atoms with Crippen molar-refractivity contribution >= 4 is 33.7 Å². The highest BCUT2D eigenvalue weighted by Crippen LogP contribution is 2.32. The zero-order valence-electron chi connectivity index (χ0n) is 24.5. The number of benzene rings is 4. The van der Waals surface area contributed by atoms with Gasteiger partial charge in [-0.3, -0.25) is 13.9 Å². The third-order valence-electron chi connectivity index (χ3n) is 6.33. The number of ether oxygens (including phenoxy) is 3. The minimum Gasteiger partial charge on any atom is -0.493 e. The highest BCUT2D eigenvalue weighted by molar-refractivity contribution is 7.92. The topological polar surface area (TPSA) is 136 Å². The Balaban J connectivity index is 1.36. The van der Waals surface area contributed by atoms with E-state index in [-0.39, 0.29) is 28.8 Å². The van der Waals surface area contributed by atoms with E-state index < -0.39 is 28.3 Å². The summed E-state index contributed by atoms with van der Waals surface area (Å²) in [6.07, 6.45) is 1.36. The number of amides is 2. The first-order chi connectivity index (χ1) is 21.7. The van der Waals surface area contributed by atoms with Gasteiger partial charge in [0, 0.05) is 12.6 Å². The molecule has 0 aliphatic rings. The predicted octanol–water partition coefficient (Wildman–Crippen LogP) is 3.88. The zero-order valence-corrected chi connectivity index (χ0v) is 25.3. The van der Waals surface area contributed by atoms with E-state index in [1.54, 1.807) is 24.3 Å². The summed E-state index contributed by atoms with van der Waals surface area (Å²) >= 11 is 0. The van der Waals surface area contributed by atoms with Crippen LogP contribution in [0.2, 0.25) is 0 Å². The van der Waals surface area contributed by atoms with Crippen molar-refractivity contribution < 1.29 is 36.6 Å². The van der Waals surface area contributed by atoms with Crippen molar-refractivity contribution in [1.82, 2.24) is 10.7 Å². The van der Waals surface area contributed by atoms with Gasteiger partial charge in [0.1, 0.15) is 18.1 Å². The van der Waals surface area contributed by atoms with Crippen molar-refractivity contribution in [3.8, 4) is 17.2 Å². The molecule has 0 saturated carbocycles. The second-order valence-electron chi connectivity index (χ2n) is 9.42. The highest BCUT2D eigenvalue weighted by Gasteiger charge is 2.28. The number of halogens is 1. The Hall–Kier alpha value is -5.43. The Morgan fingerprint density at radius 3 is 2.22 bits per heavy atom. The van der Waals surface area contributed by atoms with Crippen LogP contribution >= 0.6 is 0 Å². The molecule has 2 amide bonds. The van der Waals surface area contributed by atoms with E-state index in [0.717, 1.165) is 22.0 Å².